The normalized spacial score (nSPS) is 30.6. The van der Waals surface area contributed by atoms with Crippen LogP contribution in [0.25, 0.3) is 0 Å². The van der Waals surface area contributed by atoms with Crippen LogP contribution in [0.15, 0.2) is 10.6 Å². The first kappa shape index (κ1) is 9.59. The number of carboxylic acid groups (broad SMARTS) is 1. The highest BCUT2D eigenvalue weighted by Gasteiger charge is 2.27. The van der Waals surface area contributed by atoms with Crippen molar-refractivity contribution in [2.45, 2.75) is 26.7 Å². The molecule has 12 heavy (non-hydrogen) atoms. The molecule has 2 atom stereocenters. The van der Waals surface area contributed by atoms with Crippen molar-refractivity contribution < 1.29 is 9.90 Å². The fourth-order valence-corrected chi connectivity index (χ4v) is 1.87. The maximum absolute atomic E-state index is 10.7. The molecule has 0 heterocycles. The molecule has 1 aliphatic rings. The Labute approximate surface area is 77.2 Å². The molecule has 2 nitrogen and oxygen atoms in total. The molecule has 3 heteroatoms. The molecule has 1 rings (SSSR count). The van der Waals surface area contributed by atoms with Crippen molar-refractivity contribution in [2.24, 2.45) is 11.8 Å². The average molecular weight is 189 g/mol. The second kappa shape index (κ2) is 3.48. The van der Waals surface area contributed by atoms with E-state index in [4.69, 9.17) is 16.7 Å². The van der Waals surface area contributed by atoms with E-state index >= 15 is 0 Å². The van der Waals surface area contributed by atoms with Crippen LogP contribution in [0.1, 0.15) is 26.7 Å². The maximum Gasteiger partial charge on any atom is 0.332 e. The molecule has 0 bridgehead atoms. The van der Waals surface area contributed by atoms with Gasteiger partial charge in [-0.25, -0.2) is 4.79 Å². The third kappa shape index (κ3) is 1.63. The van der Waals surface area contributed by atoms with Crippen LogP contribution in [-0.2, 0) is 4.79 Å². The molecule has 0 spiro atoms. The molecule has 0 aromatic heterocycles. The van der Waals surface area contributed by atoms with Crippen LogP contribution in [-0.4, -0.2) is 11.1 Å². The Hall–Kier alpha value is -0.500. The highest BCUT2D eigenvalue weighted by molar-refractivity contribution is 6.32. The second-order valence-electron chi connectivity index (χ2n) is 3.44. The van der Waals surface area contributed by atoms with Crippen LogP contribution < -0.4 is 0 Å². The van der Waals surface area contributed by atoms with Gasteiger partial charge in [-0.05, 0) is 24.7 Å². The first-order chi connectivity index (χ1) is 5.54. The second-order valence-corrected chi connectivity index (χ2v) is 3.84. The van der Waals surface area contributed by atoms with Gasteiger partial charge in [0, 0.05) is 5.03 Å². The summed E-state index contributed by atoms with van der Waals surface area (Å²) in [6, 6.07) is 0. The Kier molecular flexibility index (Phi) is 2.78. The summed E-state index contributed by atoms with van der Waals surface area (Å²) in [5, 5.41) is 9.31. The summed E-state index contributed by atoms with van der Waals surface area (Å²) < 4.78 is 0. The molecule has 0 amide bonds. The van der Waals surface area contributed by atoms with Gasteiger partial charge in [0.1, 0.15) is 0 Å². The fraction of sp³-hybridized carbons (Fsp3) is 0.667. The van der Waals surface area contributed by atoms with Gasteiger partial charge in [0.2, 0.25) is 0 Å². The van der Waals surface area contributed by atoms with E-state index in [0.29, 0.717) is 22.9 Å². The molecule has 2 unspecified atom stereocenters. The zero-order valence-corrected chi connectivity index (χ0v) is 8.06. The van der Waals surface area contributed by atoms with E-state index in [9.17, 15) is 4.79 Å². The van der Waals surface area contributed by atoms with E-state index < -0.39 is 5.97 Å². The predicted octanol–water partition coefficient (Wildman–Crippen LogP) is 2.63. The number of hydrogen-bond donors (Lipinski definition) is 1. The largest absolute Gasteiger partial charge is 0.478 e. The van der Waals surface area contributed by atoms with E-state index in [0.717, 1.165) is 6.42 Å². The lowest BCUT2D eigenvalue weighted by molar-refractivity contribution is -0.133. The molecule has 0 saturated heterocycles. The Morgan fingerprint density at radius 3 is 2.67 bits per heavy atom. The molecular formula is C9H13ClO2. The number of carboxylic acids is 1. The Morgan fingerprint density at radius 2 is 2.17 bits per heavy atom. The van der Waals surface area contributed by atoms with Gasteiger partial charge in [-0.15, -0.1) is 0 Å². The van der Waals surface area contributed by atoms with Crippen molar-refractivity contribution >= 4 is 17.6 Å². The van der Waals surface area contributed by atoms with Crippen LogP contribution in [0.2, 0.25) is 0 Å². The van der Waals surface area contributed by atoms with Crippen molar-refractivity contribution in [3.05, 3.63) is 10.6 Å². The monoisotopic (exact) mass is 188 g/mol. The highest BCUT2D eigenvalue weighted by Crippen LogP contribution is 2.36. The third-order valence-corrected chi connectivity index (χ3v) is 3.22. The predicted molar refractivity (Wildman–Crippen MR) is 48.1 cm³/mol. The minimum absolute atomic E-state index is 0.200. The molecule has 0 fully saturated rings. The van der Waals surface area contributed by atoms with Gasteiger partial charge in [0.25, 0.3) is 0 Å². The smallest absolute Gasteiger partial charge is 0.332 e. The Morgan fingerprint density at radius 1 is 1.58 bits per heavy atom. The minimum Gasteiger partial charge on any atom is -0.478 e. The summed E-state index contributed by atoms with van der Waals surface area (Å²) in [6.45, 7) is 4.08. The van der Waals surface area contributed by atoms with Gasteiger partial charge in [-0.2, -0.15) is 0 Å². The number of allylic oxidation sites excluding steroid dienone is 1. The number of aliphatic carboxylic acids is 1. The zero-order chi connectivity index (χ0) is 9.30. The quantitative estimate of drug-likeness (QED) is 0.687. The van der Waals surface area contributed by atoms with E-state index in [-0.39, 0.29) is 5.92 Å². The summed E-state index contributed by atoms with van der Waals surface area (Å²) in [7, 11) is 0. The lowest BCUT2D eigenvalue weighted by Gasteiger charge is -2.26. The van der Waals surface area contributed by atoms with Crippen molar-refractivity contribution in [3.8, 4) is 0 Å². The Balaban J connectivity index is 2.93. The topological polar surface area (TPSA) is 37.3 Å². The van der Waals surface area contributed by atoms with Crippen LogP contribution in [0.4, 0.5) is 0 Å². The fourth-order valence-electron chi connectivity index (χ4n) is 1.48. The number of hydrogen-bond acceptors (Lipinski definition) is 1. The summed E-state index contributed by atoms with van der Waals surface area (Å²) in [4.78, 5) is 10.7. The summed E-state index contributed by atoms with van der Waals surface area (Å²) in [5.41, 5.74) is 0.405. The Bertz CT molecular complexity index is 233. The van der Waals surface area contributed by atoms with Crippen LogP contribution in [0.3, 0.4) is 0 Å². The van der Waals surface area contributed by atoms with Crippen molar-refractivity contribution in [1.82, 2.24) is 0 Å². The van der Waals surface area contributed by atoms with Crippen molar-refractivity contribution in [3.63, 3.8) is 0 Å². The molecule has 0 radical (unpaired) electrons. The SMILES string of the molecule is CC1CCC(C(=O)O)=C(Cl)C1C. The van der Waals surface area contributed by atoms with Gasteiger partial charge in [0.15, 0.2) is 0 Å². The van der Waals surface area contributed by atoms with Gasteiger partial charge < -0.3 is 5.11 Å². The lowest BCUT2D eigenvalue weighted by Crippen LogP contribution is -2.19. The van der Waals surface area contributed by atoms with Crippen molar-refractivity contribution in [1.29, 1.82) is 0 Å². The maximum atomic E-state index is 10.7. The molecule has 0 aliphatic heterocycles. The molecule has 0 aromatic carbocycles. The third-order valence-electron chi connectivity index (χ3n) is 2.65. The van der Waals surface area contributed by atoms with Crippen LogP contribution in [0, 0.1) is 11.8 Å². The van der Waals surface area contributed by atoms with Crippen LogP contribution in [0.5, 0.6) is 0 Å². The van der Waals surface area contributed by atoms with Gasteiger partial charge in [-0.1, -0.05) is 25.4 Å². The number of carbonyl (C=O) groups is 1. The van der Waals surface area contributed by atoms with E-state index in [1.165, 1.54) is 0 Å². The minimum atomic E-state index is -0.862. The first-order valence-corrected chi connectivity index (χ1v) is 4.53. The molecule has 1 aliphatic carbocycles. The summed E-state index contributed by atoms with van der Waals surface area (Å²) in [6.07, 6.45) is 1.54. The number of halogens is 1. The first-order valence-electron chi connectivity index (χ1n) is 4.16. The van der Waals surface area contributed by atoms with E-state index in [1.54, 1.807) is 0 Å². The molecule has 68 valence electrons. The molecular weight excluding hydrogens is 176 g/mol. The van der Waals surface area contributed by atoms with Gasteiger partial charge in [0.05, 0.1) is 5.57 Å². The van der Waals surface area contributed by atoms with Gasteiger partial charge in [-0.3, -0.25) is 0 Å². The zero-order valence-electron chi connectivity index (χ0n) is 7.30. The van der Waals surface area contributed by atoms with E-state index in [2.05, 4.69) is 6.92 Å². The summed E-state index contributed by atoms with van der Waals surface area (Å²) in [5.74, 6) is -0.161. The highest BCUT2D eigenvalue weighted by atomic mass is 35.5. The standard InChI is InChI=1S/C9H13ClO2/c1-5-3-4-7(9(11)12)8(10)6(5)2/h5-6H,3-4H2,1-2H3,(H,11,12). The van der Waals surface area contributed by atoms with Crippen LogP contribution >= 0.6 is 11.6 Å². The van der Waals surface area contributed by atoms with E-state index in [1.807, 2.05) is 6.92 Å². The van der Waals surface area contributed by atoms with Gasteiger partial charge >= 0.3 is 5.97 Å². The summed E-state index contributed by atoms with van der Waals surface area (Å²) >= 11 is 5.92. The molecule has 0 aromatic rings. The average Bonchev–Trinajstić information content (AvgIpc) is 2.00. The molecule has 0 saturated carbocycles. The molecule has 1 N–H and O–H groups in total. The number of rotatable bonds is 1. The lowest BCUT2D eigenvalue weighted by atomic mass is 9.83. The van der Waals surface area contributed by atoms with Crippen molar-refractivity contribution in [2.75, 3.05) is 0 Å².